The van der Waals surface area contributed by atoms with Crippen molar-refractivity contribution in [3.05, 3.63) is 29.6 Å². The highest BCUT2D eigenvalue weighted by atomic mass is 19.1. The normalized spacial score (nSPS) is 18.5. The van der Waals surface area contributed by atoms with Crippen LogP contribution in [0.5, 0.6) is 5.75 Å². The van der Waals surface area contributed by atoms with Crippen LogP contribution in [0.4, 0.5) is 4.39 Å². The molecule has 41 heavy (non-hydrogen) atoms. The van der Waals surface area contributed by atoms with Crippen molar-refractivity contribution >= 4 is 23.6 Å². The van der Waals surface area contributed by atoms with Crippen LogP contribution >= 0.6 is 0 Å². The van der Waals surface area contributed by atoms with E-state index in [1.165, 1.54) is 13.0 Å². The fourth-order valence-electron chi connectivity index (χ4n) is 4.99. The number of primary amides is 1. The number of aliphatic hydroxyl groups excluding tert-OH is 1. The summed E-state index contributed by atoms with van der Waals surface area (Å²) < 4.78 is 20.7. The Morgan fingerprint density at radius 1 is 1.15 bits per heavy atom. The van der Waals surface area contributed by atoms with E-state index in [9.17, 15) is 24.3 Å². The van der Waals surface area contributed by atoms with Crippen LogP contribution in [-0.4, -0.2) is 71.0 Å². The van der Waals surface area contributed by atoms with Crippen molar-refractivity contribution in [1.82, 2.24) is 15.5 Å². The van der Waals surface area contributed by atoms with Crippen LogP contribution < -0.4 is 21.1 Å². The van der Waals surface area contributed by atoms with Crippen molar-refractivity contribution in [3.8, 4) is 5.75 Å². The SMILES string of the molecule is CC(=O)N[C@@H](CCC(N)=O)COc1cccc(CCCCCC(=O)N[C@H](C(=O)N2C[C@H](O)C[C@H]2C)C(C)(C)C)c1F. The second-order valence-electron chi connectivity index (χ2n) is 12.1. The van der Waals surface area contributed by atoms with E-state index in [1.807, 2.05) is 27.7 Å². The number of carbonyl (C=O) groups is 4. The highest BCUT2D eigenvalue weighted by Crippen LogP contribution is 2.26. The third-order valence-electron chi connectivity index (χ3n) is 7.23. The Bertz CT molecular complexity index is 1060. The standard InChI is InChI=1S/C30H47FN4O6/c1-19-16-23(37)17-35(19)29(40)28(30(3,4)5)34-26(39)13-8-6-7-10-21-11-9-12-24(27(21)31)41-18-22(33-20(2)36)14-15-25(32)38/h9,11-12,19,22-23,28,37H,6-8,10,13-18H2,1-5H3,(H2,32,38)(H,33,36)(H,34,39)/t19-,22+,23-,28-/m1/s1. The van der Waals surface area contributed by atoms with Crippen LogP contribution in [0.1, 0.15) is 85.1 Å². The highest BCUT2D eigenvalue weighted by Gasteiger charge is 2.40. The number of aryl methyl sites for hydroxylation is 1. The Balaban J connectivity index is 1.83. The van der Waals surface area contributed by atoms with E-state index < -0.39 is 35.3 Å². The smallest absolute Gasteiger partial charge is 0.246 e. The lowest BCUT2D eigenvalue weighted by molar-refractivity contribution is -0.140. The molecule has 10 nitrogen and oxygen atoms in total. The number of nitrogens with one attached hydrogen (secondary N) is 2. The molecule has 2 rings (SSSR count). The maximum atomic E-state index is 15.0. The van der Waals surface area contributed by atoms with Crippen molar-refractivity contribution in [2.75, 3.05) is 13.2 Å². The first-order valence-electron chi connectivity index (χ1n) is 14.4. The molecule has 0 aromatic heterocycles. The van der Waals surface area contributed by atoms with Gasteiger partial charge in [-0.15, -0.1) is 0 Å². The molecule has 4 atom stereocenters. The van der Waals surface area contributed by atoms with Crippen LogP contribution in [0.15, 0.2) is 18.2 Å². The number of nitrogens with two attached hydrogens (primary N) is 1. The number of ether oxygens (including phenoxy) is 1. The number of likely N-dealkylation sites (tertiary alicyclic amines) is 1. The summed E-state index contributed by atoms with van der Waals surface area (Å²) >= 11 is 0. The predicted molar refractivity (Wildman–Crippen MR) is 153 cm³/mol. The fourth-order valence-corrected chi connectivity index (χ4v) is 4.99. The van der Waals surface area contributed by atoms with E-state index in [0.29, 0.717) is 37.7 Å². The van der Waals surface area contributed by atoms with Gasteiger partial charge in [0, 0.05) is 32.4 Å². The molecule has 1 heterocycles. The largest absolute Gasteiger partial charge is 0.488 e. The molecule has 1 aromatic carbocycles. The van der Waals surface area contributed by atoms with Crippen LogP contribution in [0.3, 0.4) is 0 Å². The highest BCUT2D eigenvalue weighted by molar-refractivity contribution is 5.88. The Morgan fingerprint density at radius 3 is 2.44 bits per heavy atom. The number of nitrogens with zero attached hydrogens (tertiary/aromatic N) is 1. The molecule has 11 heteroatoms. The molecule has 1 saturated heterocycles. The lowest BCUT2D eigenvalue weighted by atomic mass is 9.85. The van der Waals surface area contributed by atoms with Crippen molar-refractivity contribution in [2.45, 2.75) is 110 Å². The van der Waals surface area contributed by atoms with E-state index in [4.69, 9.17) is 10.5 Å². The Kier molecular flexibility index (Phi) is 13.0. The summed E-state index contributed by atoms with van der Waals surface area (Å²) in [6, 6.07) is 3.64. The topological polar surface area (TPSA) is 151 Å². The maximum absolute atomic E-state index is 15.0. The molecule has 0 radical (unpaired) electrons. The number of halogens is 1. The summed E-state index contributed by atoms with van der Waals surface area (Å²) in [4.78, 5) is 50.1. The quantitative estimate of drug-likeness (QED) is 0.235. The van der Waals surface area contributed by atoms with Gasteiger partial charge in [-0.3, -0.25) is 19.2 Å². The second kappa shape index (κ2) is 15.7. The molecular formula is C30H47FN4O6. The number of β-amino-alcohol motifs (C(OH)–C–C–N with tert-alkyl or cyclic N) is 1. The number of carbonyl (C=O) groups excluding carboxylic acids is 4. The monoisotopic (exact) mass is 578 g/mol. The van der Waals surface area contributed by atoms with Gasteiger partial charge in [-0.2, -0.15) is 0 Å². The minimum absolute atomic E-state index is 0.00232. The molecule has 1 aliphatic heterocycles. The molecule has 1 aliphatic rings. The van der Waals surface area contributed by atoms with Crippen LogP contribution in [-0.2, 0) is 25.6 Å². The van der Waals surface area contributed by atoms with Gasteiger partial charge in [-0.05, 0) is 56.1 Å². The molecule has 1 fully saturated rings. The first kappa shape index (κ1) is 34.0. The maximum Gasteiger partial charge on any atom is 0.246 e. The summed E-state index contributed by atoms with van der Waals surface area (Å²) in [6.07, 6.45) is 2.99. The lowest BCUT2D eigenvalue weighted by Gasteiger charge is -2.35. The van der Waals surface area contributed by atoms with Crippen LogP contribution in [0.2, 0.25) is 0 Å². The molecule has 0 bridgehead atoms. The zero-order valence-corrected chi connectivity index (χ0v) is 25.0. The Hall–Kier alpha value is -3.21. The predicted octanol–water partition coefficient (Wildman–Crippen LogP) is 2.59. The summed E-state index contributed by atoms with van der Waals surface area (Å²) in [5, 5.41) is 15.5. The fraction of sp³-hybridized carbons (Fsp3) is 0.667. The van der Waals surface area contributed by atoms with Crippen molar-refractivity contribution in [1.29, 1.82) is 0 Å². The number of amides is 4. The number of benzene rings is 1. The number of aliphatic hydroxyl groups is 1. The average Bonchev–Trinajstić information content (AvgIpc) is 3.21. The van der Waals surface area contributed by atoms with E-state index >= 15 is 4.39 Å². The molecule has 0 saturated carbocycles. The third kappa shape index (κ3) is 11.3. The van der Waals surface area contributed by atoms with Crippen molar-refractivity contribution in [3.63, 3.8) is 0 Å². The number of rotatable bonds is 15. The number of unbranched alkanes of at least 4 members (excludes halogenated alkanes) is 2. The lowest BCUT2D eigenvalue weighted by Crippen LogP contribution is -2.55. The van der Waals surface area contributed by atoms with Gasteiger partial charge in [0.25, 0.3) is 0 Å². The van der Waals surface area contributed by atoms with Crippen molar-refractivity contribution in [2.24, 2.45) is 11.1 Å². The number of hydrogen-bond acceptors (Lipinski definition) is 6. The van der Waals surface area contributed by atoms with Crippen molar-refractivity contribution < 1.29 is 33.4 Å². The van der Waals surface area contributed by atoms with Gasteiger partial charge in [0.15, 0.2) is 11.6 Å². The Morgan fingerprint density at radius 2 is 1.85 bits per heavy atom. The van der Waals surface area contributed by atoms with Gasteiger partial charge in [0.05, 0.1) is 12.1 Å². The first-order valence-corrected chi connectivity index (χ1v) is 14.4. The van der Waals surface area contributed by atoms with Gasteiger partial charge >= 0.3 is 0 Å². The molecule has 0 unspecified atom stereocenters. The van der Waals surface area contributed by atoms with E-state index in [0.717, 1.165) is 0 Å². The Labute approximate surface area is 242 Å². The van der Waals surface area contributed by atoms with E-state index in [-0.39, 0.29) is 61.9 Å². The van der Waals surface area contributed by atoms with Gasteiger partial charge in [0.2, 0.25) is 23.6 Å². The molecule has 4 amide bonds. The van der Waals surface area contributed by atoms with Crippen LogP contribution in [0, 0.1) is 11.2 Å². The molecule has 0 aliphatic carbocycles. The van der Waals surface area contributed by atoms with E-state index in [2.05, 4.69) is 10.6 Å². The summed E-state index contributed by atoms with van der Waals surface area (Å²) in [5.41, 5.74) is 5.19. The van der Waals surface area contributed by atoms with E-state index in [1.54, 1.807) is 17.0 Å². The molecule has 230 valence electrons. The summed E-state index contributed by atoms with van der Waals surface area (Å²) in [5.74, 6) is -1.58. The van der Waals surface area contributed by atoms with Gasteiger partial charge in [-0.1, -0.05) is 39.3 Å². The number of hydrogen-bond donors (Lipinski definition) is 4. The average molecular weight is 579 g/mol. The zero-order chi connectivity index (χ0) is 30.7. The van der Waals surface area contributed by atoms with Gasteiger partial charge in [0.1, 0.15) is 12.6 Å². The minimum atomic E-state index is -0.694. The molecule has 1 aromatic rings. The van der Waals surface area contributed by atoms with Gasteiger partial charge in [-0.25, -0.2) is 4.39 Å². The first-order chi connectivity index (χ1) is 19.2. The van der Waals surface area contributed by atoms with Gasteiger partial charge < -0.3 is 31.1 Å². The second-order valence-corrected chi connectivity index (χ2v) is 12.1. The summed E-state index contributed by atoms with van der Waals surface area (Å²) in [6.45, 7) is 9.23. The molecular weight excluding hydrogens is 531 g/mol. The third-order valence-corrected chi connectivity index (χ3v) is 7.23. The zero-order valence-electron chi connectivity index (χ0n) is 25.0. The minimum Gasteiger partial charge on any atom is -0.488 e. The summed E-state index contributed by atoms with van der Waals surface area (Å²) in [7, 11) is 0. The molecule has 0 spiro atoms. The molecule has 5 N–H and O–H groups in total. The van der Waals surface area contributed by atoms with Crippen LogP contribution in [0.25, 0.3) is 0 Å².